The molecule has 0 aliphatic heterocycles. The zero-order valence-corrected chi connectivity index (χ0v) is 14.0. The summed E-state index contributed by atoms with van der Waals surface area (Å²) in [5, 5.41) is 8.44. The van der Waals surface area contributed by atoms with Crippen molar-refractivity contribution in [1.29, 1.82) is 0 Å². The van der Waals surface area contributed by atoms with Gasteiger partial charge in [-0.3, -0.25) is 9.59 Å². The molecule has 22 heavy (non-hydrogen) atoms. The fourth-order valence-corrected chi connectivity index (χ4v) is 1.70. The van der Waals surface area contributed by atoms with Crippen molar-refractivity contribution in [2.24, 2.45) is 5.92 Å². The second-order valence-electron chi connectivity index (χ2n) is 4.71. The lowest BCUT2D eigenvalue weighted by Gasteiger charge is -2.12. The lowest BCUT2D eigenvalue weighted by atomic mass is 10.1. The SMILES string of the molecule is CCNC(=O)COc1ccc(NC(=O)C(C)CNC)cc1.Cl. The number of hydrogen-bond donors (Lipinski definition) is 3. The number of anilines is 1. The summed E-state index contributed by atoms with van der Waals surface area (Å²) < 4.78 is 5.33. The molecule has 0 radical (unpaired) electrons. The monoisotopic (exact) mass is 329 g/mol. The Morgan fingerprint density at radius 1 is 1.23 bits per heavy atom. The van der Waals surface area contributed by atoms with Crippen LogP contribution < -0.4 is 20.7 Å². The van der Waals surface area contributed by atoms with Crippen molar-refractivity contribution in [1.82, 2.24) is 10.6 Å². The molecule has 6 nitrogen and oxygen atoms in total. The average molecular weight is 330 g/mol. The quantitative estimate of drug-likeness (QED) is 0.674. The summed E-state index contributed by atoms with van der Waals surface area (Å²) in [6.45, 7) is 4.90. The number of nitrogens with one attached hydrogen (secondary N) is 3. The molecule has 0 saturated carbocycles. The molecule has 0 heterocycles. The Morgan fingerprint density at radius 3 is 2.41 bits per heavy atom. The number of hydrogen-bond acceptors (Lipinski definition) is 4. The second-order valence-corrected chi connectivity index (χ2v) is 4.71. The molecule has 0 aromatic heterocycles. The van der Waals surface area contributed by atoms with Gasteiger partial charge in [0.2, 0.25) is 5.91 Å². The van der Waals surface area contributed by atoms with Crippen LogP contribution in [0.3, 0.4) is 0 Å². The Bertz CT molecular complexity index is 466. The van der Waals surface area contributed by atoms with Crippen LogP contribution in [0.5, 0.6) is 5.75 Å². The number of benzene rings is 1. The van der Waals surface area contributed by atoms with Crippen molar-refractivity contribution < 1.29 is 14.3 Å². The van der Waals surface area contributed by atoms with Gasteiger partial charge >= 0.3 is 0 Å². The summed E-state index contributed by atoms with van der Waals surface area (Å²) in [5.74, 6) is 0.280. The maximum absolute atomic E-state index is 11.8. The number of rotatable bonds is 8. The molecule has 0 saturated heterocycles. The number of ether oxygens (including phenoxy) is 1. The average Bonchev–Trinajstić information content (AvgIpc) is 2.47. The minimum atomic E-state index is -0.157. The lowest BCUT2D eigenvalue weighted by Crippen LogP contribution is -2.28. The Hall–Kier alpha value is -1.79. The third kappa shape index (κ3) is 7.28. The van der Waals surface area contributed by atoms with Crippen LogP contribution in [0, 0.1) is 5.92 Å². The van der Waals surface area contributed by atoms with Gasteiger partial charge in [-0.05, 0) is 38.2 Å². The molecular formula is C15H24ClN3O3. The molecule has 3 N–H and O–H groups in total. The van der Waals surface area contributed by atoms with Crippen LogP contribution >= 0.6 is 12.4 Å². The van der Waals surface area contributed by atoms with Gasteiger partial charge in [-0.25, -0.2) is 0 Å². The normalized spacial score (nSPS) is 11.0. The Labute approximate surface area is 137 Å². The van der Waals surface area contributed by atoms with E-state index in [1.54, 1.807) is 24.3 Å². The Morgan fingerprint density at radius 2 is 1.86 bits per heavy atom. The summed E-state index contributed by atoms with van der Waals surface area (Å²) in [6, 6.07) is 6.93. The molecule has 1 aromatic rings. The van der Waals surface area contributed by atoms with E-state index in [1.165, 1.54) is 0 Å². The maximum atomic E-state index is 11.8. The van der Waals surface area contributed by atoms with E-state index >= 15 is 0 Å². The molecule has 2 amide bonds. The Balaban J connectivity index is 0.00000441. The second kappa shape index (κ2) is 10.9. The zero-order chi connectivity index (χ0) is 15.7. The third-order valence-corrected chi connectivity index (χ3v) is 2.82. The first-order chi connectivity index (χ1) is 10.1. The van der Waals surface area contributed by atoms with E-state index in [2.05, 4.69) is 16.0 Å². The van der Waals surface area contributed by atoms with Gasteiger partial charge in [-0.2, -0.15) is 0 Å². The first-order valence-electron chi connectivity index (χ1n) is 7.01. The minimum Gasteiger partial charge on any atom is -0.484 e. The number of likely N-dealkylation sites (N-methyl/N-ethyl adjacent to an activating group) is 1. The third-order valence-electron chi connectivity index (χ3n) is 2.82. The molecule has 1 atom stereocenters. The summed E-state index contributed by atoms with van der Waals surface area (Å²) in [5.41, 5.74) is 0.702. The lowest BCUT2D eigenvalue weighted by molar-refractivity contribution is -0.123. The summed E-state index contributed by atoms with van der Waals surface area (Å²) >= 11 is 0. The summed E-state index contributed by atoms with van der Waals surface area (Å²) in [6.07, 6.45) is 0. The van der Waals surface area contributed by atoms with Gasteiger partial charge in [0.15, 0.2) is 6.61 Å². The van der Waals surface area contributed by atoms with Gasteiger partial charge in [-0.1, -0.05) is 6.92 Å². The molecule has 0 aliphatic rings. The van der Waals surface area contributed by atoms with Crippen LogP contribution in [0.2, 0.25) is 0 Å². The van der Waals surface area contributed by atoms with Crippen molar-refractivity contribution in [3.05, 3.63) is 24.3 Å². The zero-order valence-electron chi connectivity index (χ0n) is 13.1. The molecule has 7 heteroatoms. The van der Waals surface area contributed by atoms with Crippen LogP contribution in [0.15, 0.2) is 24.3 Å². The van der Waals surface area contributed by atoms with E-state index in [-0.39, 0.29) is 36.7 Å². The van der Waals surface area contributed by atoms with E-state index in [4.69, 9.17) is 4.74 Å². The van der Waals surface area contributed by atoms with Crippen LogP contribution in [0.25, 0.3) is 0 Å². The summed E-state index contributed by atoms with van der Waals surface area (Å²) in [4.78, 5) is 23.1. The highest BCUT2D eigenvalue weighted by atomic mass is 35.5. The van der Waals surface area contributed by atoms with Gasteiger partial charge in [0.25, 0.3) is 5.91 Å². The fourth-order valence-electron chi connectivity index (χ4n) is 1.70. The van der Waals surface area contributed by atoms with Gasteiger partial charge < -0.3 is 20.7 Å². The van der Waals surface area contributed by atoms with Crippen molar-refractivity contribution in [3.8, 4) is 5.75 Å². The van der Waals surface area contributed by atoms with E-state index < -0.39 is 0 Å². The molecule has 0 aliphatic carbocycles. The van der Waals surface area contributed by atoms with E-state index in [0.717, 1.165) is 0 Å². The number of halogens is 1. The van der Waals surface area contributed by atoms with Crippen LogP contribution in [0.1, 0.15) is 13.8 Å². The van der Waals surface area contributed by atoms with Crippen LogP contribution in [-0.4, -0.2) is 38.6 Å². The molecule has 1 unspecified atom stereocenters. The van der Waals surface area contributed by atoms with Gasteiger partial charge in [0.1, 0.15) is 5.75 Å². The molecule has 0 bridgehead atoms. The molecule has 1 aromatic carbocycles. The van der Waals surface area contributed by atoms with E-state index in [9.17, 15) is 9.59 Å². The first-order valence-corrected chi connectivity index (χ1v) is 7.01. The van der Waals surface area contributed by atoms with Crippen molar-refractivity contribution in [3.63, 3.8) is 0 Å². The highest BCUT2D eigenvalue weighted by Crippen LogP contribution is 2.16. The standard InChI is InChI=1S/C15H23N3O3.ClH/c1-4-17-14(19)10-21-13-7-5-12(6-8-13)18-15(20)11(2)9-16-3;/h5-8,11,16H,4,9-10H2,1-3H3,(H,17,19)(H,18,20);1H. The van der Waals surface area contributed by atoms with Crippen molar-refractivity contribution >= 4 is 29.9 Å². The minimum absolute atomic E-state index is 0. The largest absolute Gasteiger partial charge is 0.484 e. The highest BCUT2D eigenvalue weighted by molar-refractivity contribution is 5.92. The number of carbonyl (C=O) groups excluding carboxylic acids is 2. The van der Waals surface area contributed by atoms with Crippen LogP contribution in [0.4, 0.5) is 5.69 Å². The smallest absolute Gasteiger partial charge is 0.257 e. The van der Waals surface area contributed by atoms with E-state index in [1.807, 2.05) is 20.9 Å². The number of amides is 2. The molecule has 1 rings (SSSR count). The predicted molar refractivity (Wildman–Crippen MR) is 89.6 cm³/mol. The molecule has 0 fully saturated rings. The van der Waals surface area contributed by atoms with Gasteiger partial charge in [0.05, 0.1) is 0 Å². The van der Waals surface area contributed by atoms with Crippen LogP contribution in [-0.2, 0) is 9.59 Å². The molecule has 0 spiro atoms. The maximum Gasteiger partial charge on any atom is 0.257 e. The summed E-state index contributed by atoms with van der Waals surface area (Å²) in [7, 11) is 1.81. The first kappa shape index (κ1) is 20.2. The molecule has 124 valence electrons. The number of carbonyl (C=O) groups is 2. The van der Waals surface area contributed by atoms with Crippen molar-refractivity contribution in [2.75, 3.05) is 32.1 Å². The van der Waals surface area contributed by atoms with Gasteiger partial charge in [0, 0.05) is 24.7 Å². The Kier molecular flexibility index (Phi) is 9.98. The fraction of sp³-hybridized carbons (Fsp3) is 0.467. The predicted octanol–water partition coefficient (Wildman–Crippen LogP) is 1.42. The molecular weight excluding hydrogens is 306 g/mol. The van der Waals surface area contributed by atoms with E-state index in [0.29, 0.717) is 24.5 Å². The highest BCUT2D eigenvalue weighted by Gasteiger charge is 2.11. The topological polar surface area (TPSA) is 79.5 Å². The van der Waals surface area contributed by atoms with Gasteiger partial charge in [-0.15, -0.1) is 12.4 Å². The van der Waals surface area contributed by atoms with Crippen molar-refractivity contribution in [2.45, 2.75) is 13.8 Å².